The molecule has 0 aliphatic carbocycles. The summed E-state index contributed by atoms with van der Waals surface area (Å²) < 4.78 is 16.3. The van der Waals surface area contributed by atoms with E-state index in [2.05, 4.69) is 37.2 Å². The Morgan fingerprint density at radius 3 is 1.42 bits per heavy atom. The van der Waals surface area contributed by atoms with E-state index in [1.165, 1.54) is 11.8 Å². The van der Waals surface area contributed by atoms with E-state index < -0.39 is 107 Å². The number of alkyl carbamates (subject to hydrolysis) is 2. The highest BCUT2D eigenvalue weighted by atomic mass is 32.2. The maximum atomic E-state index is 14.7. The molecule has 76 heavy (non-hydrogen) atoms. The summed E-state index contributed by atoms with van der Waals surface area (Å²) in [6.07, 6.45) is -0.147. The summed E-state index contributed by atoms with van der Waals surface area (Å²) in [5.74, 6) is -5.42. The van der Waals surface area contributed by atoms with Gasteiger partial charge in [-0.05, 0) is 102 Å². The number of rotatable bonds is 29. The highest BCUT2D eigenvalue weighted by Gasteiger charge is 2.35. The molecule has 20 nitrogen and oxygen atoms in total. The van der Waals surface area contributed by atoms with Gasteiger partial charge < -0.3 is 57.2 Å². The molecule has 8 amide bonds. The van der Waals surface area contributed by atoms with Crippen LogP contribution < -0.4 is 43.0 Å². The first-order valence-electron chi connectivity index (χ1n) is 25.4. The predicted molar refractivity (Wildman–Crippen MR) is 289 cm³/mol. The number of esters is 1. The Bertz CT molecular complexity index is 2360. The van der Waals surface area contributed by atoms with Crippen molar-refractivity contribution in [2.75, 3.05) is 18.6 Å². The van der Waals surface area contributed by atoms with Crippen LogP contribution in [0.3, 0.4) is 0 Å². The van der Waals surface area contributed by atoms with Crippen molar-refractivity contribution in [1.82, 2.24) is 37.2 Å². The SMILES string of the molecule is CSCC[C@H](NC(=O)[C@H](CC(C)C)NC(=O)[C@H](CC(=O)OCc1ccccc1)NC(=O)[C@H](Cc1ccccc1)NC(=O)[C@H](Cc1ccccc1)NC(=O)[C@H](CCCNC(=O)OC(C)(C)C)NC(=O)OC(C)(C)C)C(N)=O. The first-order valence-corrected chi connectivity index (χ1v) is 26.8. The molecule has 0 saturated carbocycles. The third-order valence-corrected chi connectivity index (χ3v) is 11.7. The van der Waals surface area contributed by atoms with Crippen molar-refractivity contribution in [3.05, 3.63) is 108 Å². The Kier molecular flexibility index (Phi) is 26.3. The second kappa shape index (κ2) is 31.7. The van der Waals surface area contributed by atoms with Gasteiger partial charge in [0.1, 0.15) is 54.1 Å². The van der Waals surface area contributed by atoms with Crippen LogP contribution in [0.2, 0.25) is 0 Å². The van der Waals surface area contributed by atoms with Gasteiger partial charge in [0.05, 0.1) is 6.42 Å². The van der Waals surface area contributed by atoms with Crippen LogP contribution >= 0.6 is 11.8 Å². The van der Waals surface area contributed by atoms with Gasteiger partial charge in [-0.1, -0.05) is 105 Å². The molecule has 6 atom stereocenters. The van der Waals surface area contributed by atoms with E-state index in [1.54, 1.807) is 133 Å². The van der Waals surface area contributed by atoms with Crippen molar-refractivity contribution in [3.8, 4) is 0 Å². The quantitative estimate of drug-likeness (QED) is 0.0270. The molecule has 0 heterocycles. The molecule has 3 rings (SSSR count). The molecule has 0 fully saturated rings. The van der Waals surface area contributed by atoms with Crippen molar-refractivity contribution in [2.24, 2.45) is 11.7 Å². The zero-order chi connectivity index (χ0) is 56.4. The molecule has 0 saturated heterocycles. The number of benzene rings is 3. The minimum absolute atomic E-state index is 0.0136. The fourth-order valence-corrected chi connectivity index (χ4v) is 7.88. The molecule has 21 heteroatoms. The molecular formula is C55H78N8O12S. The van der Waals surface area contributed by atoms with Crippen LogP contribution in [0.5, 0.6) is 0 Å². The second-order valence-electron chi connectivity index (χ2n) is 20.6. The fraction of sp³-hybridized carbons (Fsp3) is 0.509. The van der Waals surface area contributed by atoms with Crippen LogP contribution in [0.15, 0.2) is 91.0 Å². The smallest absolute Gasteiger partial charge is 0.408 e. The molecule has 0 unspecified atom stereocenters. The molecule has 0 aliphatic heterocycles. The van der Waals surface area contributed by atoms with Gasteiger partial charge in [0, 0.05) is 19.4 Å². The maximum absolute atomic E-state index is 14.7. The number of ether oxygens (including phenoxy) is 3. The third-order valence-electron chi connectivity index (χ3n) is 11.0. The molecule has 3 aromatic carbocycles. The molecule has 9 N–H and O–H groups in total. The Morgan fingerprint density at radius 1 is 0.526 bits per heavy atom. The molecule has 0 aliphatic rings. The number of thioether (sulfide) groups is 1. The molecule has 0 aromatic heterocycles. The number of carbonyl (C=O) groups excluding carboxylic acids is 9. The monoisotopic (exact) mass is 1070 g/mol. The van der Waals surface area contributed by atoms with Gasteiger partial charge in [0.15, 0.2) is 0 Å². The van der Waals surface area contributed by atoms with Crippen LogP contribution in [0.25, 0.3) is 0 Å². The lowest BCUT2D eigenvalue weighted by atomic mass is 10.0. The van der Waals surface area contributed by atoms with E-state index >= 15 is 0 Å². The largest absolute Gasteiger partial charge is 0.461 e. The summed E-state index contributed by atoms with van der Waals surface area (Å²) in [7, 11) is 0. The summed E-state index contributed by atoms with van der Waals surface area (Å²) in [5, 5.41) is 18.7. The Labute approximate surface area is 450 Å². The predicted octanol–water partition coefficient (Wildman–Crippen LogP) is 4.51. The maximum Gasteiger partial charge on any atom is 0.408 e. The van der Waals surface area contributed by atoms with Gasteiger partial charge in [-0.3, -0.25) is 33.6 Å². The molecule has 0 radical (unpaired) electrons. The van der Waals surface area contributed by atoms with Gasteiger partial charge >= 0.3 is 18.2 Å². The zero-order valence-electron chi connectivity index (χ0n) is 45.2. The molecule has 0 spiro atoms. The minimum Gasteiger partial charge on any atom is -0.461 e. The number of nitrogens with two attached hydrogens (primary N) is 1. The molecule has 3 aromatic rings. The highest BCUT2D eigenvalue weighted by Crippen LogP contribution is 2.14. The fourth-order valence-electron chi connectivity index (χ4n) is 7.41. The van der Waals surface area contributed by atoms with Crippen molar-refractivity contribution in [1.29, 1.82) is 0 Å². The average Bonchev–Trinajstić information content (AvgIpc) is 3.34. The number of hydrogen-bond donors (Lipinski definition) is 8. The van der Waals surface area contributed by atoms with E-state index in [9.17, 15) is 43.2 Å². The van der Waals surface area contributed by atoms with Gasteiger partial charge in [-0.25, -0.2) is 9.59 Å². The Morgan fingerprint density at radius 2 is 0.947 bits per heavy atom. The Hall–Kier alpha value is -7.16. The standard InChI is InChI=1S/C55H78N8O12S/c1-35(2)30-41(48(67)58-39(46(56)65)27-29-76-9)59-51(70)44(33-45(64)73-34-38-24-17-12-18-25-38)62-50(69)43(32-37-22-15-11-16-23-37)61-49(68)42(31-36-20-13-10-14-21-36)60-47(66)40(63-53(72)75-55(6,7)8)26-19-28-57-52(71)74-54(3,4)5/h10-18,20-25,35,39-44H,19,26-34H2,1-9H3,(H2,56,65)(H,57,71)(H,58,67)(H,59,70)(H,60,66)(H,61,68)(H,62,69)(H,63,72)/t39-,40-,41-,42-,43-,44-/m0/s1. The molecular weight excluding hydrogens is 997 g/mol. The highest BCUT2D eigenvalue weighted by molar-refractivity contribution is 7.98. The van der Waals surface area contributed by atoms with Crippen LogP contribution in [0, 0.1) is 5.92 Å². The van der Waals surface area contributed by atoms with Crippen molar-refractivity contribution in [3.63, 3.8) is 0 Å². The summed E-state index contributed by atoms with van der Waals surface area (Å²) in [6, 6.07) is 18.2. The van der Waals surface area contributed by atoms with E-state index in [1.807, 2.05) is 20.1 Å². The molecule has 0 bridgehead atoms. The first kappa shape index (κ1) is 63.1. The van der Waals surface area contributed by atoms with Gasteiger partial charge in [-0.2, -0.15) is 11.8 Å². The van der Waals surface area contributed by atoms with Gasteiger partial charge in [-0.15, -0.1) is 0 Å². The lowest BCUT2D eigenvalue weighted by Gasteiger charge is -2.28. The second-order valence-corrected chi connectivity index (χ2v) is 21.6. The summed E-state index contributed by atoms with van der Waals surface area (Å²) >= 11 is 1.45. The third kappa shape index (κ3) is 25.4. The van der Waals surface area contributed by atoms with E-state index in [0.717, 1.165) is 0 Å². The van der Waals surface area contributed by atoms with Crippen molar-refractivity contribution >= 4 is 65.4 Å². The number of carbonyl (C=O) groups is 9. The lowest BCUT2D eigenvalue weighted by Crippen LogP contribution is -2.60. The van der Waals surface area contributed by atoms with Gasteiger partial charge in [0.25, 0.3) is 0 Å². The van der Waals surface area contributed by atoms with Crippen LogP contribution in [-0.4, -0.2) is 120 Å². The Balaban J connectivity index is 2.01. The van der Waals surface area contributed by atoms with E-state index in [-0.39, 0.29) is 57.6 Å². The van der Waals surface area contributed by atoms with E-state index in [4.69, 9.17) is 19.9 Å². The number of hydrogen-bond acceptors (Lipinski definition) is 13. The topological polar surface area (TPSA) is 292 Å². The molecule has 416 valence electrons. The van der Waals surface area contributed by atoms with Crippen LogP contribution in [0.4, 0.5) is 9.59 Å². The van der Waals surface area contributed by atoms with E-state index in [0.29, 0.717) is 22.4 Å². The average molecular weight is 1080 g/mol. The van der Waals surface area contributed by atoms with Crippen LogP contribution in [-0.2, 0) is 67.2 Å². The number of amides is 8. The van der Waals surface area contributed by atoms with Gasteiger partial charge in [0.2, 0.25) is 35.4 Å². The summed E-state index contributed by atoms with van der Waals surface area (Å²) in [5.41, 5.74) is 5.81. The van der Waals surface area contributed by atoms with Crippen LogP contribution in [0.1, 0.15) is 104 Å². The van der Waals surface area contributed by atoms with Crippen molar-refractivity contribution in [2.45, 2.75) is 154 Å². The van der Waals surface area contributed by atoms with Crippen molar-refractivity contribution < 1.29 is 57.4 Å². The number of primary amides is 1. The zero-order valence-corrected chi connectivity index (χ0v) is 46.0. The summed E-state index contributed by atoms with van der Waals surface area (Å²) in [4.78, 5) is 123. The minimum atomic E-state index is -1.67. The summed E-state index contributed by atoms with van der Waals surface area (Å²) in [6.45, 7) is 13.7. The lowest BCUT2D eigenvalue weighted by molar-refractivity contribution is -0.147. The normalized spacial score (nSPS) is 13.7. The first-order chi connectivity index (χ1) is 35.8. The number of nitrogens with one attached hydrogen (secondary N) is 7.